The lowest BCUT2D eigenvalue weighted by atomic mass is 10.0. The Bertz CT molecular complexity index is 913. The van der Waals surface area contributed by atoms with Crippen LogP contribution in [0.15, 0.2) is 35.7 Å². The van der Waals surface area contributed by atoms with Crippen molar-refractivity contribution in [2.45, 2.75) is 32.4 Å². The van der Waals surface area contributed by atoms with Crippen molar-refractivity contribution in [3.05, 3.63) is 41.5 Å². The number of anilines is 1. The molecule has 1 fully saturated rings. The molecule has 2 aromatic heterocycles. The van der Waals surface area contributed by atoms with Crippen LogP contribution in [-0.2, 0) is 6.54 Å². The number of fused-ring (bicyclic) bond motifs is 1. The monoisotopic (exact) mass is 395 g/mol. The quantitative estimate of drug-likeness (QED) is 0.673. The van der Waals surface area contributed by atoms with Crippen LogP contribution in [0.25, 0.3) is 21.3 Å². The third-order valence-electron chi connectivity index (χ3n) is 5.40. The number of nitrogens with zero attached hydrogens (tertiary/aromatic N) is 4. The summed E-state index contributed by atoms with van der Waals surface area (Å²) in [4.78, 5) is 15.5. The third kappa shape index (κ3) is 4.19. The molecule has 0 amide bonds. The van der Waals surface area contributed by atoms with Gasteiger partial charge < -0.3 is 15.1 Å². The van der Waals surface area contributed by atoms with E-state index in [1.807, 2.05) is 0 Å². The van der Waals surface area contributed by atoms with Gasteiger partial charge in [-0.15, -0.1) is 11.3 Å². The molecule has 28 heavy (non-hydrogen) atoms. The molecule has 3 aromatic rings. The SMILES string of the molecule is CCN1CCC(Nc2nc(CN(C)C)nc3scc(-c4ccccc4)c23)CC1. The summed E-state index contributed by atoms with van der Waals surface area (Å²) >= 11 is 1.71. The van der Waals surface area contributed by atoms with E-state index in [9.17, 15) is 0 Å². The molecule has 0 saturated carbocycles. The fraction of sp³-hybridized carbons (Fsp3) is 0.455. The van der Waals surface area contributed by atoms with Crippen LogP contribution in [0.2, 0.25) is 0 Å². The molecular formula is C22H29N5S. The summed E-state index contributed by atoms with van der Waals surface area (Å²) in [6.07, 6.45) is 2.32. The van der Waals surface area contributed by atoms with Crippen molar-refractivity contribution in [2.75, 3.05) is 39.0 Å². The number of rotatable bonds is 6. The minimum atomic E-state index is 0.469. The van der Waals surface area contributed by atoms with Crippen molar-refractivity contribution in [1.82, 2.24) is 19.8 Å². The van der Waals surface area contributed by atoms with Gasteiger partial charge in [-0.1, -0.05) is 37.3 Å². The maximum absolute atomic E-state index is 4.96. The molecule has 1 aliphatic heterocycles. The first-order chi connectivity index (χ1) is 13.6. The number of nitrogens with one attached hydrogen (secondary N) is 1. The molecule has 5 nitrogen and oxygen atoms in total. The predicted molar refractivity (Wildman–Crippen MR) is 119 cm³/mol. The fourth-order valence-electron chi connectivity index (χ4n) is 3.86. The largest absolute Gasteiger partial charge is 0.367 e. The van der Waals surface area contributed by atoms with Gasteiger partial charge in [0.2, 0.25) is 0 Å². The zero-order chi connectivity index (χ0) is 19.5. The Morgan fingerprint density at radius 1 is 1.14 bits per heavy atom. The minimum absolute atomic E-state index is 0.469. The van der Waals surface area contributed by atoms with Crippen LogP contribution in [0.1, 0.15) is 25.6 Å². The van der Waals surface area contributed by atoms with Crippen LogP contribution in [0, 0.1) is 0 Å². The zero-order valence-corrected chi connectivity index (χ0v) is 17.8. The molecule has 0 unspecified atom stereocenters. The predicted octanol–water partition coefficient (Wildman–Crippen LogP) is 4.32. The first-order valence-electron chi connectivity index (χ1n) is 10.1. The van der Waals surface area contributed by atoms with Crippen molar-refractivity contribution in [3.8, 4) is 11.1 Å². The van der Waals surface area contributed by atoms with E-state index in [2.05, 4.69) is 71.8 Å². The number of benzene rings is 1. The highest BCUT2D eigenvalue weighted by Gasteiger charge is 2.21. The lowest BCUT2D eigenvalue weighted by Gasteiger charge is -2.32. The molecule has 1 saturated heterocycles. The van der Waals surface area contributed by atoms with E-state index in [1.165, 1.54) is 11.1 Å². The lowest BCUT2D eigenvalue weighted by molar-refractivity contribution is 0.229. The van der Waals surface area contributed by atoms with E-state index in [4.69, 9.17) is 9.97 Å². The average Bonchev–Trinajstić information content (AvgIpc) is 3.13. The van der Waals surface area contributed by atoms with Crippen LogP contribution in [0.3, 0.4) is 0 Å². The maximum atomic E-state index is 4.96. The highest BCUT2D eigenvalue weighted by atomic mass is 32.1. The summed E-state index contributed by atoms with van der Waals surface area (Å²) in [6.45, 7) is 6.44. The van der Waals surface area contributed by atoms with E-state index < -0.39 is 0 Å². The first-order valence-corrected chi connectivity index (χ1v) is 11.0. The number of hydrogen-bond donors (Lipinski definition) is 1. The molecule has 6 heteroatoms. The molecule has 0 spiro atoms. The normalized spacial score (nSPS) is 16.1. The lowest BCUT2D eigenvalue weighted by Crippen LogP contribution is -2.39. The Kier molecular flexibility index (Phi) is 5.90. The zero-order valence-electron chi connectivity index (χ0n) is 17.0. The minimum Gasteiger partial charge on any atom is -0.367 e. The van der Waals surface area contributed by atoms with Gasteiger partial charge in [0.1, 0.15) is 16.5 Å². The van der Waals surface area contributed by atoms with Gasteiger partial charge in [0, 0.05) is 30.1 Å². The van der Waals surface area contributed by atoms with Gasteiger partial charge in [-0.2, -0.15) is 0 Å². The highest BCUT2D eigenvalue weighted by molar-refractivity contribution is 7.17. The molecular weight excluding hydrogens is 366 g/mol. The Balaban J connectivity index is 1.72. The summed E-state index contributed by atoms with van der Waals surface area (Å²) < 4.78 is 0. The van der Waals surface area contributed by atoms with Crippen LogP contribution in [0.4, 0.5) is 5.82 Å². The van der Waals surface area contributed by atoms with Gasteiger partial charge >= 0.3 is 0 Å². The van der Waals surface area contributed by atoms with Crippen LogP contribution in [0.5, 0.6) is 0 Å². The fourth-order valence-corrected chi connectivity index (χ4v) is 4.83. The molecule has 0 bridgehead atoms. The summed E-state index contributed by atoms with van der Waals surface area (Å²) in [7, 11) is 4.12. The molecule has 0 atom stereocenters. The van der Waals surface area contributed by atoms with E-state index in [-0.39, 0.29) is 0 Å². The van der Waals surface area contributed by atoms with Crippen LogP contribution >= 0.6 is 11.3 Å². The second-order valence-electron chi connectivity index (χ2n) is 7.77. The van der Waals surface area contributed by atoms with Crippen molar-refractivity contribution >= 4 is 27.4 Å². The summed E-state index contributed by atoms with van der Waals surface area (Å²) in [5.74, 6) is 1.88. The van der Waals surface area contributed by atoms with Gasteiger partial charge in [-0.3, -0.25) is 0 Å². The second-order valence-corrected chi connectivity index (χ2v) is 8.63. The number of aromatic nitrogens is 2. The number of likely N-dealkylation sites (tertiary alicyclic amines) is 1. The molecule has 0 radical (unpaired) electrons. The summed E-state index contributed by atoms with van der Waals surface area (Å²) in [6, 6.07) is 11.0. The molecule has 148 valence electrons. The van der Waals surface area contributed by atoms with Crippen molar-refractivity contribution in [3.63, 3.8) is 0 Å². The van der Waals surface area contributed by atoms with E-state index in [1.54, 1.807) is 11.3 Å². The van der Waals surface area contributed by atoms with Gasteiger partial charge in [0.25, 0.3) is 0 Å². The first kappa shape index (κ1) is 19.3. The van der Waals surface area contributed by atoms with Crippen molar-refractivity contribution in [1.29, 1.82) is 0 Å². The summed E-state index contributed by atoms with van der Waals surface area (Å²) in [5, 5.41) is 7.17. The Hall–Kier alpha value is -2.02. The molecule has 3 heterocycles. The number of thiophene rings is 1. The Morgan fingerprint density at radius 2 is 1.89 bits per heavy atom. The molecule has 1 aliphatic rings. The smallest absolute Gasteiger partial charge is 0.146 e. The molecule has 1 N–H and O–H groups in total. The van der Waals surface area contributed by atoms with Crippen LogP contribution < -0.4 is 5.32 Å². The van der Waals surface area contributed by atoms with E-state index in [0.717, 1.165) is 60.9 Å². The third-order valence-corrected chi connectivity index (χ3v) is 6.27. The topological polar surface area (TPSA) is 44.3 Å². The van der Waals surface area contributed by atoms with Crippen molar-refractivity contribution in [2.24, 2.45) is 0 Å². The molecule has 1 aromatic carbocycles. The van der Waals surface area contributed by atoms with Gasteiger partial charge in [0.05, 0.1) is 11.9 Å². The Labute approximate surface area is 171 Å². The number of hydrogen-bond acceptors (Lipinski definition) is 6. The van der Waals surface area contributed by atoms with E-state index >= 15 is 0 Å². The molecule has 4 rings (SSSR count). The average molecular weight is 396 g/mol. The maximum Gasteiger partial charge on any atom is 0.146 e. The highest BCUT2D eigenvalue weighted by Crippen LogP contribution is 2.37. The summed E-state index contributed by atoms with van der Waals surface area (Å²) in [5.41, 5.74) is 2.45. The van der Waals surface area contributed by atoms with Gasteiger partial charge in [-0.25, -0.2) is 9.97 Å². The number of piperidine rings is 1. The standard InChI is InChI=1S/C22H29N5S/c1-4-27-12-10-17(11-13-27)23-21-20-18(16-8-6-5-7-9-16)15-28-22(20)25-19(24-21)14-26(2)3/h5-9,15,17H,4,10-14H2,1-3H3,(H,23,24,25). The second kappa shape index (κ2) is 8.55. The van der Waals surface area contributed by atoms with Gasteiger partial charge in [0.15, 0.2) is 0 Å². The van der Waals surface area contributed by atoms with Gasteiger partial charge in [-0.05, 0) is 39.0 Å². The van der Waals surface area contributed by atoms with E-state index in [0.29, 0.717) is 6.04 Å². The Morgan fingerprint density at radius 3 is 2.57 bits per heavy atom. The van der Waals surface area contributed by atoms with Crippen LogP contribution in [-0.4, -0.2) is 59.5 Å². The van der Waals surface area contributed by atoms with Crippen molar-refractivity contribution < 1.29 is 0 Å². The molecule has 0 aliphatic carbocycles.